The number of piperidine rings is 1. The Kier molecular flexibility index (Phi) is 3.87. The lowest BCUT2D eigenvalue weighted by Crippen LogP contribution is -2.54. The van der Waals surface area contributed by atoms with Crippen LogP contribution in [0.4, 0.5) is 0 Å². The van der Waals surface area contributed by atoms with Gasteiger partial charge in [-0.2, -0.15) is 0 Å². The molecule has 0 unspecified atom stereocenters. The number of thioether (sulfide) groups is 1. The number of hydrogen-bond acceptors (Lipinski definition) is 4. The highest BCUT2D eigenvalue weighted by Gasteiger charge is 2.44. The smallest absolute Gasteiger partial charge is 0.235 e. The summed E-state index contributed by atoms with van der Waals surface area (Å²) < 4.78 is 0. The molecule has 1 spiro atoms. The fourth-order valence-electron chi connectivity index (χ4n) is 2.54. The molecule has 0 aromatic rings. The quantitative estimate of drug-likeness (QED) is 0.750. The highest BCUT2D eigenvalue weighted by Crippen LogP contribution is 2.39. The van der Waals surface area contributed by atoms with Crippen LogP contribution in [0.15, 0.2) is 0 Å². The third-order valence-electron chi connectivity index (χ3n) is 3.68. The van der Waals surface area contributed by atoms with E-state index in [1.54, 1.807) is 11.8 Å². The number of likely N-dealkylation sites (tertiary alicyclic amines) is 1. The van der Waals surface area contributed by atoms with Gasteiger partial charge in [-0.25, -0.2) is 0 Å². The number of carbonyl (C=O) groups excluding carboxylic acids is 2. The van der Waals surface area contributed by atoms with Crippen molar-refractivity contribution < 1.29 is 9.59 Å². The van der Waals surface area contributed by atoms with E-state index in [0.29, 0.717) is 0 Å². The maximum absolute atomic E-state index is 11.9. The molecule has 0 bridgehead atoms. The number of hydrogen-bond donors (Lipinski definition) is 2. The molecule has 3 N–H and O–H groups in total. The molecule has 2 aliphatic rings. The van der Waals surface area contributed by atoms with Gasteiger partial charge in [-0.15, -0.1) is 11.8 Å². The zero-order chi connectivity index (χ0) is 13.3. The third kappa shape index (κ3) is 2.64. The number of nitrogens with two attached hydrogens (primary N) is 1. The summed E-state index contributed by atoms with van der Waals surface area (Å²) >= 11 is 1.77. The van der Waals surface area contributed by atoms with Crippen LogP contribution in [-0.4, -0.2) is 46.5 Å². The Morgan fingerprint density at radius 1 is 1.39 bits per heavy atom. The summed E-state index contributed by atoms with van der Waals surface area (Å²) in [6, 6.07) is -0.220. The van der Waals surface area contributed by atoms with Crippen LogP contribution in [0.3, 0.4) is 0 Å². The zero-order valence-electron chi connectivity index (χ0n) is 10.9. The molecule has 0 radical (unpaired) electrons. The molecular formula is C12H21N3O2S. The Balaban J connectivity index is 1.91. The van der Waals surface area contributed by atoms with Gasteiger partial charge in [0.1, 0.15) is 0 Å². The largest absolute Gasteiger partial charge is 0.368 e. The van der Waals surface area contributed by atoms with Crippen LogP contribution >= 0.6 is 11.8 Å². The summed E-state index contributed by atoms with van der Waals surface area (Å²) in [6.07, 6.45) is 1.78. The first kappa shape index (κ1) is 13.7. The Hall–Kier alpha value is -0.750. The first-order chi connectivity index (χ1) is 8.43. The van der Waals surface area contributed by atoms with Crippen molar-refractivity contribution in [2.24, 2.45) is 11.7 Å². The van der Waals surface area contributed by atoms with Gasteiger partial charge in [0.2, 0.25) is 11.8 Å². The second-order valence-electron chi connectivity index (χ2n) is 5.38. The van der Waals surface area contributed by atoms with E-state index in [1.165, 1.54) is 0 Å². The molecule has 1 atom stereocenters. The normalized spacial score (nSPS) is 26.8. The molecule has 2 aliphatic heterocycles. The lowest BCUT2D eigenvalue weighted by atomic mass is 10.0. The van der Waals surface area contributed by atoms with E-state index in [4.69, 9.17) is 5.73 Å². The topological polar surface area (TPSA) is 75.4 Å². The predicted octanol–water partition coefficient (Wildman–Crippen LogP) is 0.151. The standard InChI is InChI=1S/C12H21N3O2S/c1-8(2)11(17)15-5-3-12(4-6-15)14-9(7-18-12)10(13)16/h8-9,14H,3-7H2,1-2H3,(H2,13,16)/t9-/m0/s1. The lowest BCUT2D eigenvalue weighted by Gasteiger charge is -2.39. The molecular weight excluding hydrogens is 250 g/mol. The molecule has 0 aromatic carbocycles. The number of nitrogens with one attached hydrogen (secondary N) is 1. The zero-order valence-corrected chi connectivity index (χ0v) is 11.8. The fourth-order valence-corrected chi connectivity index (χ4v) is 3.97. The van der Waals surface area contributed by atoms with Gasteiger partial charge >= 0.3 is 0 Å². The van der Waals surface area contributed by atoms with Crippen molar-refractivity contribution >= 4 is 23.6 Å². The Labute approximate surface area is 112 Å². The van der Waals surface area contributed by atoms with Crippen molar-refractivity contribution in [3.8, 4) is 0 Å². The maximum atomic E-state index is 11.9. The lowest BCUT2D eigenvalue weighted by molar-refractivity contribution is -0.135. The third-order valence-corrected chi connectivity index (χ3v) is 5.26. The minimum Gasteiger partial charge on any atom is -0.368 e. The van der Waals surface area contributed by atoms with Crippen molar-refractivity contribution in [3.05, 3.63) is 0 Å². The van der Waals surface area contributed by atoms with Crippen molar-refractivity contribution in [2.75, 3.05) is 18.8 Å². The average molecular weight is 271 g/mol. The summed E-state index contributed by atoms with van der Waals surface area (Å²) in [6.45, 7) is 5.39. The first-order valence-electron chi connectivity index (χ1n) is 6.43. The minimum atomic E-state index is -0.278. The van der Waals surface area contributed by atoms with Gasteiger partial charge in [-0.1, -0.05) is 13.8 Å². The predicted molar refractivity (Wildman–Crippen MR) is 72.0 cm³/mol. The molecule has 5 nitrogen and oxygen atoms in total. The Bertz CT molecular complexity index is 351. The van der Waals surface area contributed by atoms with E-state index >= 15 is 0 Å². The second kappa shape index (κ2) is 5.09. The molecule has 0 saturated carbocycles. The molecule has 2 amide bonds. The van der Waals surface area contributed by atoms with Crippen molar-refractivity contribution in [3.63, 3.8) is 0 Å². The van der Waals surface area contributed by atoms with Gasteiger partial charge in [0, 0.05) is 24.8 Å². The maximum Gasteiger partial charge on any atom is 0.235 e. The van der Waals surface area contributed by atoms with E-state index in [9.17, 15) is 9.59 Å². The molecule has 2 rings (SSSR count). The molecule has 2 heterocycles. The van der Waals surface area contributed by atoms with Crippen LogP contribution in [0.25, 0.3) is 0 Å². The van der Waals surface area contributed by atoms with Gasteiger partial charge < -0.3 is 10.6 Å². The van der Waals surface area contributed by atoms with Crippen molar-refractivity contribution in [1.82, 2.24) is 10.2 Å². The highest BCUT2D eigenvalue weighted by molar-refractivity contribution is 8.01. The van der Waals surface area contributed by atoms with E-state index in [1.807, 2.05) is 18.7 Å². The first-order valence-corrected chi connectivity index (χ1v) is 7.42. The van der Waals surface area contributed by atoms with Crippen LogP contribution in [0.2, 0.25) is 0 Å². The van der Waals surface area contributed by atoms with Crippen molar-refractivity contribution in [2.45, 2.75) is 37.6 Å². The summed E-state index contributed by atoms with van der Waals surface area (Å²) in [4.78, 5) is 24.9. The number of primary amides is 1. The molecule has 0 aromatic heterocycles. The van der Waals surface area contributed by atoms with Gasteiger partial charge in [-0.3, -0.25) is 14.9 Å². The van der Waals surface area contributed by atoms with Crippen LogP contribution in [0.1, 0.15) is 26.7 Å². The van der Waals surface area contributed by atoms with E-state index in [0.717, 1.165) is 31.7 Å². The van der Waals surface area contributed by atoms with Gasteiger partial charge in [0.05, 0.1) is 10.9 Å². The average Bonchev–Trinajstić information content (AvgIpc) is 2.74. The van der Waals surface area contributed by atoms with Crippen LogP contribution in [0, 0.1) is 5.92 Å². The summed E-state index contributed by atoms with van der Waals surface area (Å²) in [5, 5.41) is 3.34. The monoisotopic (exact) mass is 271 g/mol. The van der Waals surface area contributed by atoms with E-state index < -0.39 is 0 Å². The SMILES string of the molecule is CC(C)C(=O)N1CCC2(CC1)N[C@H](C(N)=O)CS2. The molecule has 2 saturated heterocycles. The van der Waals surface area contributed by atoms with Gasteiger partial charge in [0.25, 0.3) is 0 Å². The van der Waals surface area contributed by atoms with Crippen LogP contribution < -0.4 is 11.1 Å². The number of rotatable bonds is 2. The fraction of sp³-hybridized carbons (Fsp3) is 0.833. The molecule has 18 heavy (non-hydrogen) atoms. The van der Waals surface area contributed by atoms with Gasteiger partial charge in [0.15, 0.2) is 0 Å². The number of nitrogens with zero attached hydrogens (tertiary/aromatic N) is 1. The highest BCUT2D eigenvalue weighted by atomic mass is 32.2. The summed E-state index contributed by atoms with van der Waals surface area (Å²) in [5.41, 5.74) is 5.32. The molecule has 0 aliphatic carbocycles. The van der Waals surface area contributed by atoms with E-state index in [2.05, 4.69) is 5.32 Å². The number of carbonyl (C=O) groups is 2. The molecule has 102 valence electrons. The number of amides is 2. The Morgan fingerprint density at radius 2 is 2.00 bits per heavy atom. The summed E-state index contributed by atoms with van der Waals surface area (Å²) in [7, 11) is 0. The van der Waals surface area contributed by atoms with Gasteiger partial charge in [-0.05, 0) is 12.8 Å². The van der Waals surface area contributed by atoms with E-state index in [-0.39, 0.29) is 28.6 Å². The molecule has 2 fully saturated rings. The Morgan fingerprint density at radius 3 is 2.44 bits per heavy atom. The molecule has 6 heteroatoms. The minimum absolute atomic E-state index is 0.0482. The van der Waals surface area contributed by atoms with Crippen LogP contribution in [-0.2, 0) is 9.59 Å². The van der Waals surface area contributed by atoms with Crippen LogP contribution in [0.5, 0.6) is 0 Å². The summed E-state index contributed by atoms with van der Waals surface area (Å²) in [5.74, 6) is 0.744. The second-order valence-corrected chi connectivity index (χ2v) is 6.79. The van der Waals surface area contributed by atoms with Crippen molar-refractivity contribution in [1.29, 1.82) is 0 Å².